The van der Waals surface area contributed by atoms with Crippen LogP contribution in [0.3, 0.4) is 0 Å². The van der Waals surface area contributed by atoms with Crippen molar-refractivity contribution >= 4 is 23.2 Å². The Labute approximate surface area is 157 Å². The first-order valence-electron chi connectivity index (χ1n) is 8.41. The zero-order chi connectivity index (χ0) is 19.2. The summed E-state index contributed by atoms with van der Waals surface area (Å²) in [6.45, 7) is 7.39. The lowest BCUT2D eigenvalue weighted by Crippen LogP contribution is -2.49. The third-order valence-electron chi connectivity index (χ3n) is 5.64. The van der Waals surface area contributed by atoms with Gasteiger partial charge in [-0.1, -0.05) is 37.3 Å². The Morgan fingerprint density at radius 3 is 2.69 bits per heavy atom. The van der Waals surface area contributed by atoms with Gasteiger partial charge in [-0.25, -0.2) is 0 Å². The molecule has 136 valence electrons. The largest absolute Gasteiger partial charge is 0.503 e. The molecule has 3 rings (SSSR count). The number of allylic oxidation sites excluding steroid dienone is 5. The van der Waals surface area contributed by atoms with Crippen LogP contribution in [0.4, 0.5) is 0 Å². The Kier molecular flexibility index (Phi) is 4.57. The molecule has 1 aromatic rings. The van der Waals surface area contributed by atoms with Gasteiger partial charge in [0.2, 0.25) is 0 Å². The molecule has 1 aromatic carbocycles. The van der Waals surface area contributed by atoms with Gasteiger partial charge in [0.1, 0.15) is 0 Å². The minimum absolute atomic E-state index is 0.0363. The Morgan fingerprint density at radius 1 is 1.38 bits per heavy atom. The van der Waals surface area contributed by atoms with Crippen LogP contribution in [-0.4, -0.2) is 23.8 Å². The fourth-order valence-electron chi connectivity index (χ4n) is 4.33. The summed E-state index contributed by atoms with van der Waals surface area (Å²) < 4.78 is 5.22. The van der Waals surface area contributed by atoms with Crippen LogP contribution in [0, 0.1) is 11.3 Å². The molecule has 0 unspecified atom stereocenters. The number of ether oxygens (including phenoxy) is 1. The molecule has 0 saturated carbocycles. The van der Waals surface area contributed by atoms with Gasteiger partial charge >= 0.3 is 0 Å². The van der Waals surface area contributed by atoms with Crippen LogP contribution < -0.4 is 4.74 Å². The number of rotatable bonds is 3. The summed E-state index contributed by atoms with van der Waals surface area (Å²) in [5.41, 5.74) is 1.09. The third kappa shape index (κ3) is 2.52. The van der Waals surface area contributed by atoms with E-state index in [9.17, 15) is 14.7 Å². The van der Waals surface area contributed by atoms with E-state index in [4.69, 9.17) is 16.3 Å². The van der Waals surface area contributed by atoms with Gasteiger partial charge in [0.15, 0.2) is 23.1 Å². The predicted molar refractivity (Wildman–Crippen MR) is 101 cm³/mol. The van der Waals surface area contributed by atoms with E-state index in [0.29, 0.717) is 17.6 Å². The molecule has 4 nitrogen and oxygen atoms in total. The number of hydrogen-bond donors (Lipinski definition) is 1. The summed E-state index contributed by atoms with van der Waals surface area (Å²) in [7, 11) is 1.44. The second-order valence-corrected chi connectivity index (χ2v) is 7.43. The number of benzene rings is 1. The lowest BCUT2D eigenvalue weighted by atomic mass is 9.53. The molecule has 0 aliphatic heterocycles. The molecule has 0 aromatic heterocycles. The van der Waals surface area contributed by atoms with Crippen molar-refractivity contribution in [3.8, 4) is 11.5 Å². The second-order valence-electron chi connectivity index (χ2n) is 7.02. The minimum Gasteiger partial charge on any atom is -0.503 e. The molecule has 3 atom stereocenters. The number of carbonyl (C=O) groups excluding carboxylic acids is 2. The van der Waals surface area contributed by atoms with E-state index >= 15 is 0 Å². The maximum absolute atomic E-state index is 13.2. The Balaban J connectivity index is 2.27. The lowest BCUT2D eigenvalue weighted by Gasteiger charge is -2.47. The maximum atomic E-state index is 13.2. The highest BCUT2D eigenvalue weighted by atomic mass is 35.5. The number of hydrogen-bond acceptors (Lipinski definition) is 4. The standard InChI is InChI=1S/C21H21ClO4/c1-5-12-6-7-14-16(23)8-11(2)20(25)21(14,3)18(12)13-9-15(22)19(24)17(10-13)26-4/h5-6,8-10,14,18,24H,1,7H2,2-4H3/t14-,18+,21+/m0/s1. The van der Waals surface area contributed by atoms with E-state index in [1.807, 2.05) is 13.0 Å². The van der Waals surface area contributed by atoms with Gasteiger partial charge in [0.05, 0.1) is 17.5 Å². The Morgan fingerprint density at radius 2 is 2.08 bits per heavy atom. The molecule has 2 aliphatic carbocycles. The highest BCUT2D eigenvalue weighted by molar-refractivity contribution is 6.32. The molecule has 0 amide bonds. The van der Waals surface area contributed by atoms with E-state index in [1.165, 1.54) is 13.2 Å². The number of carbonyl (C=O) groups is 2. The Bertz CT molecular complexity index is 880. The zero-order valence-corrected chi connectivity index (χ0v) is 15.8. The van der Waals surface area contributed by atoms with Crippen molar-refractivity contribution in [2.45, 2.75) is 26.2 Å². The SMILES string of the molecule is C=CC1=CC[C@H]2C(=O)C=C(C)C(=O)[C@@]2(C)[C@H]1c1cc(Cl)c(O)c(OC)c1. The van der Waals surface area contributed by atoms with Gasteiger partial charge in [-0.15, -0.1) is 0 Å². The Hall–Kier alpha value is -2.33. The van der Waals surface area contributed by atoms with Crippen LogP contribution in [-0.2, 0) is 9.59 Å². The van der Waals surface area contributed by atoms with E-state index in [0.717, 1.165) is 5.57 Å². The van der Waals surface area contributed by atoms with Crippen LogP contribution >= 0.6 is 11.6 Å². The van der Waals surface area contributed by atoms with Crippen molar-refractivity contribution < 1.29 is 19.4 Å². The van der Waals surface area contributed by atoms with E-state index in [2.05, 4.69) is 6.58 Å². The van der Waals surface area contributed by atoms with Crippen molar-refractivity contribution in [2.75, 3.05) is 7.11 Å². The predicted octanol–water partition coefficient (Wildman–Crippen LogP) is 4.37. The molecule has 0 heterocycles. The van der Waals surface area contributed by atoms with Gasteiger partial charge in [-0.2, -0.15) is 0 Å². The van der Waals surface area contributed by atoms with Crippen LogP contribution in [0.15, 0.2) is 48.1 Å². The number of methoxy groups -OCH3 is 1. The molecule has 26 heavy (non-hydrogen) atoms. The number of Topliss-reactive ketones (excluding diaryl/α,β-unsaturated/α-hetero) is 1. The maximum Gasteiger partial charge on any atom is 0.176 e. The van der Waals surface area contributed by atoms with Crippen LogP contribution in [0.2, 0.25) is 5.02 Å². The molecular formula is C21H21ClO4. The number of halogens is 1. The zero-order valence-electron chi connectivity index (χ0n) is 15.0. The third-order valence-corrected chi connectivity index (χ3v) is 5.92. The summed E-state index contributed by atoms with van der Waals surface area (Å²) in [5, 5.41) is 10.2. The smallest absolute Gasteiger partial charge is 0.176 e. The van der Waals surface area contributed by atoms with Gasteiger partial charge in [0.25, 0.3) is 0 Å². The van der Waals surface area contributed by atoms with Crippen LogP contribution in [0.25, 0.3) is 0 Å². The van der Waals surface area contributed by atoms with Crippen molar-refractivity contribution in [2.24, 2.45) is 11.3 Å². The number of aromatic hydroxyl groups is 1. The minimum atomic E-state index is -0.945. The van der Waals surface area contributed by atoms with E-state index < -0.39 is 17.3 Å². The summed E-state index contributed by atoms with van der Waals surface area (Å²) >= 11 is 6.18. The molecule has 0 bridgehead atoms. The van der Waals surface area contributed by atoms with Crippen molar-refractivity contribution in [3.63, 3.8) is 0 Å². The first kappa shape index (κ1) is 18.5. The van der Waals surface area contributed by atoms with Gasteiger partial charge in [0, 0.05) is 11.8 Å². The second kappa shape index (κ2) is 6.44. The van der Waals surface area contributed by atoms with E-state index in [1.54, 1.807) is 25.1 Å². The molecule has 1 N–H and O–H groups in total. The summed E-state index contributed by atoms with van der Waals surface area (Å²) in [6, 6.07) is 3.29. The summed E-state index contributed by atoms with van der Waals surface area (Å²) in [5.74, 6) is -0.865. The fourth-order valence-corrected chi connectivity index (χ4v) is 4.54. The molecule has 0 fully saturated rings. The quantitative estimate of drug-likeness (QED) is 0.855. The summed E-state index contributed by atoms with van der Waals surface area (Å²) in [4.78, 5) is 25.8. The van der Waals surface area contributed by atoms with Crippen molar-refractivity contribution in [1.82, 2.24) is 0 Å². The van der Waals surface area contributed by atoms with Crippen molar-refractivity contribution in [3.05, 3.63) is 58.7 Å². The molecule has 5 heteroatoms. The van der Waals surface area contributed by atoms with Gasteiger partial charge < -0.3 is 9.84 Å². The highest BCUT2D eigenvalue weighted by Gasteiger charge is 2.55. The van der Waals surface area contributed by atoms with Gasteiger partial charge in [-0.3, -0.25) is 9.59 Å². The molecule has 0 spiro atoms. The van der Waals surface area contributed by atoms with Crippen LogP contribution in [0.5, 0.6) is 11.5 Å². The first-order valence-corrected chi connectivity index (χ1v) is 8.79. The summed E-state index contributed by atoms with van der Waals surface area (Å²) in [6.07, 6.45) is 5.61. The van der Waals surface area contributed by atoms with Gasteiger partial charge in [-0.05, 0) is 48.3 Å². The lowest BCUT2D eigenvalue weighted by molar-refractivity contribution is -0.137. The first-order chi connectivity index (χ1) is 12.2. The normalized spacial score (nSPS) is 28.2. The highest BCUT2D eigenvalue weighted by Crippen LogP contribution is 2.56. The molecule has 2 aliphatic rings. The van der Waals surface area contributed by atoms with Crippen molar-refractivity contribution in [1.29, 1.82) is 0 Å². The number of phenols is 1. The number of ketones is 2. The molecular weight excluding hydrogens is 352 g/mol. The average molecular weight is 373 g/mol. The molecule has 0 radical (unpaired) electrons. The number of phenolic OH excluding ortho intramolecular Hbond substituents is 1. The van der Waals surface area contributed by atoms with Crippen LogP contribution in [0.1, 0.15) is 31.7 Å². The molecule has 0 saturated heterocycles. The topological polar surface area (TPSA) is 63.6 Å². The number of fused-ring (bicyclic) bond motifs is 1. The van der Waals surface area contributed by atoms with E-state index in [-0.39, 0.29) is 28.1 Å². The monoisotopic (exact) mass is 372 g/mol. The fraction of sp³-hybridized carbons (Fsp3) is 0.333. The average Bonchev–Trinajstić information content (AvgIpc) is 2.61.